The van der Waals surface area contributed by atoms with E-state index in [-0.39, 0.29) is 42.0 Å². The number of guanidine groups is 1. The highest BCUT2D eigenvalue weighted by Crippen LogP contribution is 2.27. The van der Waals surface area contributed by atoms with Crippen LogP contribution in [0.25, 0.3) is 0 Å². The first kappa shape index (κ1) is 19.7. The first-order valence-corrected chi connectivity index (χ1v) is 7.85. The maximum atomic E-state index is 12.0. The number of benzene rings is 1. The molecule has 1 heterocycles. The van der Waals surface area contributed by atoms with Crippen molar-refractivity contribution in [2.75, 3.05) is 24.5 Å². The number of anilines is 1. The molecule has 0 bridgehead atoms. The van der Waals surface area contributed by atoms with Gasteiger partial charge in [0.1, 0.15) is 6.54 Å². The summed E-state index contributed by atoms with van der Waals surface area (Å²) in [7, 11) is 0. The number of hydrogen-bond acceptors (Lipinski definition) is 2. The van der Waals surface area contributed by atoms with Gasteiger partial charge in [0.2, 0.25) is 5.91 Å². The van der Waals surface area contributed by atoms with E-state index in [0.29, 0.717) is 0 Å². The molecule has 0 unspecified atom stereocenters. The van der Waals surface area contributed by atoms with Gasteiger partial charge >= 0.3 is 0 Å². The average Bonchev–Trinajstić information content (AvgIpc) is 2.85. The van der Waals surface area contributed by atoms with Crippen LogP contribution in [0.4, 0.5) is 5.69 Å². The minimum atomic E-state index is -0.231. The third-order valence-corrected chi connectivity index (χ3v) is 3.36. The lowest BCUT2D eigenvalue weighted by Crippen LogP contribution is -2.44. The standard InChI is InChI=1S/C17H26N4O.HI/c1-5-18-16(19-12-15(22)20-17(2,3)4)21-11-10-13-8-6-7-9-14(13)21;/h6-9H,5,10-12H2,1-4H3,(H,18,19)(H,20,22);1H. The summed E-state index contributed by atoms with van der Waals surface area (Å²) in [4.78, 5) is 18.6. The summed E-state index contributed by atoms with van der Waals surface area (Å²) >= 11 is 0. The Hall–Kier alpha value is -1.31. The van der Waals surface area contributed by atoms with Gasteiger partial charge in [-0.05, 0) is 45.7 Å². The second kappa shape index (κ2) is 8.52. The van der Waals surface area contributed by atoms with Gasteiger partial charge in [-0.25, -0.2) is 4.99 Å². The van der Waals surface area contributed by atoms with Crippen molar-refractivity contribution in [3.63, 3.8) is 0 Å². The van der Waals surface area contributed by atoms with E-state index < -0.39 is 0 Å². The number of carbonyl (C=O) groups excluding carboxylic acids is 1. The summed E-state index contributed by atoms with van der Waals surface area (Å²) in [6.07, 6.45) is 1.01. The largest absolute Gasteiger partial charge is 0.356 e. The van der Waals surface area contributed by atoms with Gasteiger partial charge in [-0.2, -0.15) is 0 Å². The highest BCUT2D eigenvalue weighted by atomic mass is 127. The van der Waals surface area contributed by atoms with Crippen molar-refractivity contribution in [1.82, 2.24) is 10.6 Å². The second-order valence-corrected chi connectivity index (χ2v) is 6.50. The molecular formula is C17H27IN4O. The zero-order valence-corrected chi connectivity index (χ0v) is 16.7. The lowest BCUT2D eigenvalue weighted by molar-refractivity contribution is -0.121. The lowest BCUT2D eigenvalue weighted by atomic mass is 10.1. The Morgan fingerprint density at radius 2 is 2.00 bits per heavy atom. The molecule has 0 spiro atoms. The number of hydrogen-bond donors (Lipinski definition) is 2. The van der Waals surface area contributed by atoms with Crippen LogP contribution >= 0.6 is 24.0 Å². The Balaban J connectivity index is 0.00000264. The van der Waals surface area contributed by atoms with Gasteiger partial charge in [0.05, 0.1) is 0 Å². The molecule has 0 saturated carbocycles. The van der Waals surface area contributed by atoms with Crippen LogP contribution < -0.4 is 15.5 Å². The average molecular weight is 430 g/mol. The molecule has 1 aromatic rings. The Morgan fingerprint density at radius 1 is 1.30 bits per heavy atom. The number of halogens is 1. The van der Waals surface area contributed by atoms with Gasteiger partial charge in [-0.3, -0.25) is 4.79 Å². The molecule has 2 rings (SSSR count). The SMILES string of the molecule is CCNC(=NCC(=O)NC(C)(C)C)N1CCc2ccccc21.I. The summed E-state index contributed by atoms with van der Waals surface area (Å²) < 4.78 is 0. The van der Waals surface area contributed by atoms with Crippen molar-refractivity contribution in [1.29, 1.82) is 0 Å². The minimum absolute atomic E-state index is 0. The normalized spacial score (nSPS) is 14.1. The number of aliphatic imine (C=N–C) groups is 1. The molecule has 0 atom stereocenters. The van der Waals surface area contributed by atoms with Crippen LogP contribution in [-0.4, -0.2) is 37.0 Å². The predicted octanol–water partition coefficient (Wildman–Crippen LogP) is 2.55. The maximum Gasteiger partial charge on any atom is 0.242 e. The maximum absolute atomic E-state index is 12.0. The fraction of sp³-hybridized carbons (Fsp3) is 0.529. The number of nitrogens with one attached hydrogen (secondary N) is 2. The second-order valence-electron chi connectivity index (χ2n) is 6.50. The van der Waals surface area contributed by atoms with Crippen LogP contribution in [0.2, 0.25) is 0 Å². The molecule has 1 aromatic carbocycles. The summed E-state index contributed by atoms with van der Waals surface area (Å²) in [6, 6.07) is 8.34. The van der Waals surface area contributed by atoms with E-state index in [2.05, 4.69) is 38.7 Å². The van der Waals surface area contributed by atoms with Gasteiger partial charge in [0.25, 0.3) is 0 Å². The molecule has 0 aliphatic carbocycles. The Bertz CT molecular complexity index is 566. The zero-order valence-electron chi connectivity index (χ0n) is 14.3. The summed E-state index contributed by atoms with van der Waals surface area (Å²) in [6.45, 7) is 9.75. The van der Waals surface area contributed by atoms with E-state index in [1.54, 1.807) is 0 Å². The van der Waals surface area contributed by atoms with E-state index >= 15 is 0 Å². The molecule has 1 amide bonds. The summed E-state index contributed by atoms with van der Waals surface area (Å²) in [5, 5.41) is 6.21. The monoisotopic (exact) mass is 430 g/mol. The minimum Gasteiger partial charge on any atom is -0.356 e. The van der Waals surface area contributed by atoms with Crippen LogP contribution in [0.15, 0.2) is 29.3 Å². The van der Waals surface area contributed by atoms with Crippen molar-refractivity contribution in [2.24, 2.45) is 4.99 Å². The van der Waals surface area contributed by atoms with E-state index in [1.807, 2.05) is 33.8 Å². The number of nitrogens with zero attached hydrogens (tertiary/aromatic N) is 2. The smallest absolute Gasteiger partial charge is 0.242 e. The number of fused-ring (bicyclic) bond motifs is 1. The van der Waals surface area contributed by atoms with Crippen molar-refractivity contribution in [3.05, 3.63) is 29.8 Å². The lowest BCUT2D eigenvalue weighted by Gasteiger charge is -2.23. The third-order valence-electron chi connectivity index (χ3n) is 3.36. The predicted molar refractivity (Wildman–Crippen MR) is 107 cm³/mol. The molecule has 0 fully saturated rings. The van der Waals surface area contributed by atoms with E-state index in [1.165, 1.54) is 11.3 Å². The number of carbonyl (C=O) groups is 1. The zero-order chi connectivity index (χ0) is 16.2. The first-order chi connectivity index (χ1) is 10.4. The quantitative estimate of drug-likeness (QED) is 0.440. The molecule has 0 aromatic heterocycles. The molecule has 128 valence electrons. The van der Waals surface area contributed by atoms with Crippen molar-refractivity contribution in [3.8, 4) is 0 Å². The van der Waals surface area contributed by atoms with Crippen LogP contribution in [0.5, 0.6) is 0 Å². The van der Waals surface area contributed by atoms with Crippen LogP contribution in [0, 0.1) is 0 Å². The van der Waals surface area contributed by atoms with Gasteiger partial charge in [-0.1, -0.05) is 18.2 Å². The van der Waals surface area contributed by atoms with Gasteiger partial charge in [0, 0.05) is 24.3 Å². The van der Waals surface area contributed by atoms with Crippen molar-refractivity contribution >= 4 is 41.5 Å². The van der Waals surface area contributed by atoms with Crippen LogP contribution in [0.3, 0.4) is 0 Å². The Kier molecular flexibility index (Phi) is 7.31. The summed E-state index contributed by atoms with van der Waals surface area (Å²) in [5.74, 6) is 0.715. The highest BCUT2D eigenvalue weighted by Gasteiger charge is 2.22. The van der Waals surface area contributed by atoms with Crippen molar-refractivity contribution in [2.45, 2.75) is 39.7 Å². The molecular weight excluding hydrogens is 403 g/mol. The molecule has 23 heavy (non-hydrogen) atoms. The molecule has 0 radical (unpaired) electrons. The molecule has 0 saturated heterocycles. The van der Waals surface area contributed by atoms with Crippen LogP contribution in [0.1, 0.15) is 33.3 Å². The fourth-order valence-corrected chi connectivity index (χ4v) is 2.56. The fourth-order valence-electron chi connectivity index (χ4n) is 2.56. The van der Waals surface area contributed by atoms with Gasteiger partial charge in [0.15, 0.2) is 5.96 Å². The van der Waals surface area contributed by atoms with E-state index in [4.69, 9.17) is 0 Å². The number of amides is 1. The van der Waals surface area contributed by atoms with Crippen molar-refractivity contribution < 1.29 is 4.79 Å². The van der Waals surface area contributed by atoms with Gasteiger partial charge < -0.3 is 15.5 Å². The molecule has 6 heteroatoms. The van der Waals surface area contributed by atoms with Crippen LogP contribution in [-0.2, 0) is 11.2 Å². The first-order valence-electron chi connectivity index (χ1n) is 7.85. The Morgan fingerprint density at radius 3 is 2.65 bits per heavy atom. The number of para-hydroxylation sites is 1. The van der Waals surface area contributed by atoms with Gasteiger partial charge in [-0.15, -0.1) is 24.0 Å². The Labute approximate surface area is 156 Å². The van der Waals surface area contributed by atoms with E-state index in [0.717, 1.165) is 25.5 Å². The molecule has 1 aliphatic heterocycles. The van der Waals surface area contributed by atoms with E-state index in [9.17, 15) is 4.79 Å². The third kappa shape index (κ3) is 5.67. The topological polar surface area (TPSA) is 56.7 Å². The molecule has 1 aliphatic rings. The number of rotatable bonds is 3. The molecule has 2 N–H and O–H groups in total. The highest BCUT2D eigenvalue weighted by molar-refractivity contribution is 14.0. The molecule has 5 nitrogen and oxygen atoms in total. The summed E-state index contributed by atoms with van der Waals surface area (Å²) in [5.41, 5.74) is 2.27.